The number of H-pyrrole nitrogens is 1. The lowest BCUT2D eigenvalue weighted by atomic mass is 10.1. The van der Waals surface area contributed by atoms with Crippen LogP contribution in [0.3, 0.4) is 0 Å². The fourth-order valence-electron chi connectivity index (χ4n) is 2.94. The third kappa shape index (κ3) is 3.62. The van der Waals surface area contributed by atoms with Crippen molar-refractivity contribution in [3.05, 3.63) is 53.3 Å². The van der Waals surface area contributed by atoms with Gasteiger partial charge in [0.2, 0.25) is 0 Å². The molecular weight excluding hydrogens is 290 g/mol. The van der Waals surface area contributed by atoms with Gasteiger partial charge < -0.3 is 15.6 Å². The number of aryl methyl sites for hydroxylation is 1. The minimum absolute atomic E-state index is 0.0384. The molecule has 23 heavy (non-hydrogen) atoms. The summed E-state index contributed by atoms with van der Waals surface area (Å²) in [6, 6.07) is 7.37. The number of hydrogen-bond donors (Lipinski definition) is 3. The van der Waals surface area contributed by atoms with Gasteiger partial charge in [0.25, 0.3) is 11.8 Å². The van der Waals surface area contributed by atoms with Gasteiger partial charge in [-0.3, -0.25) is 9.59 Å². The van der Waals surface area contributed by atoms with E-state index in [4.69, 9.17) is 0 Å². The highest BCUT2D eigenvalue weighted by atomic mass is 16.2. The van der Waals surface area contributed by atoms with Crippen LogP contribution in [0.15, 0.2) is 36.7 Å². The smallest absolute Gasteiger partial charge is 0.257 e. The molecule has 1 fully saturated rings. The largest absolute Gasteiger partial charge is 0.367 e. The van der Waals surface area contributed by atoms with Gasteiger partial charge >= 0.3 is 0 Å². The Hall–Kier alpha value is -2.56. The summed E-state index contributed by atoms with van der Waals surface area (Å²) in [6.45, 7) is 1.89. The van der Waals surface area contributed by atoms with Crippen molar-refractivity contribution in [2.24, 2.45) is 0 Å². The Morgan fingerprint density at radius 2 is 1.87 bits per heavy atom. The Bertz CT molecular complexity index is 701. The molecular formula is C18H21N3O2. The second kappa shape index (κ2) is 6.69. The van der Waals surface area contributed by atoms with E-state index in [0.29, 0.717) is 22.9 Å². The van der Waals surface area contributed by atoms with Gasteiger partial charge in [-0.25, -0.2) is 0 Å². The van der Waals surface area contributed by atoms with Gasteiger partial charge in [0.05, 0.1) is 5.56 Å². The van der Waals surface area contributed by atoms with Crippen molar-refractivity contribution in [2.75, 3.05) is 5.32 Å². The summed E-state index contributed by atoms with van der Waals surface area (Å²) in [7, 11) is 0. The van der Waals surface area contributed by atoms with Crippen molar-refractivity contribution in [1.82, 2.24) is 10.3 Å². The lowest BCUT2D eigenvalue weighted by molar-refractivity contribution is 0.0937. The molecule has 0 atom stereocenters. The number of carbonyl (C=O) groups excluding carboxylic acids is 2. The molecule has 3 rings (SSSR count). The zero-order valence-corrected chi connectivity index (χ0v) is 13.2. The zero-order valence-electron chi connectivity index (χ0n) is 13.2. The number of benzene rings is 1. The second-order valence-corrected chi connectivity index (χ2v) is 6.04. The monoisotopic (exact) mass is 311 g/mol. The van der Waals surface area contributed by atoms with E-state index in [1.54, 1.807) is 30.6 Å². The zero-order chi connectivity index (χ0) is 16.2. The molecule has 1 heterocycles. The highest BCUT2D eigenvalue weighted by molar-refractivity contribution is 6.05. The van der Waals surface area contributed by atoms with E-state index in [-0.39, 0.29) is 11.8 Å². The third-order valence-electron chi connectivity index (χ3n) is 4.29. The molecule has 3 N–H and O–H groups in total. The standard InChI is InChI=1S/C18H21N3O2/c1-12-10-13(17(22)20-15-4-2-3-5-15)6-7-16(12)21-18(23)14-8-9-19-11-14/h6-11,15,19H,2-5H2,1H3,(H,20,22)(H,21,23). The minimum atomic E-state index is -0.169. The quantitative estimate of drug-likeness (QED) is 0.811. The van der Waals surface area contributed by atoms with Crippen LogP contribution in [0.25, 0.3) is 0 Å². The maximum absolute atomic E-state index is 12.3. The molecule has 2 amide bonds. The summed E-state index contributed by atoms with van der Waals surface area (Å²) in [6.07, 6.45) is 7.86. The average Bonchev–Trinajstić information content (AvgIpc) is 3.22. The van der Waals surface area contributed by atoms with Crippen LogP contribution < -0.4 is 10.6 Å². The number of amides is 2. The Balaban J connectivity index is 1.67. The average molecular weight is 311 g/mol. The maximum Gasteiger partial charge on any atom is 0.257 e. The number of hydrogen-bond acceptors (Lipinski definition) is 2. The molecule has 0 saturated heterocycles. The van der Waals surface area contributed by atoms with Crippen LogP contribution in [0, 0.1) is 6.92 Å². The van der Waals surface area contributed by atoms with Crippen molar-refractivity contribution < 1.29 is 9.59 Å². The van der Waals surface area contributed by atoms with Crippen LogP contribution in [0.2, 0.25) is 0 Å². The fourth-order valence-corrected chi connectivity index (χ4v) is 2.94. The first kappa shape index (κ1) is 15.3. The van der Waals surface area contributed by atoms with Gasteiger partial charge in [-0.05, 0) is 49.6 Å². The molecule has 1 aliphatic rings. The molecule has 5 nitrogen and oxygen atoms in total. The van der Waals surface area contributed by atoms with E-state index in [2.05, 4.69) is 15.6 Å². The van der Waals surface area contributed by atoms with Crippen molar-refractivity contribution in [3.8, 4) is 0 Å². The Kier molecular flexibility index (Phi) is 4.46. The van der Waals surface area contributed by atoms with E-state index in [1.165, 1.54) is 12.8 Å². The SMILES string of the molecule is Cc1cc(C(=O)NC2CCCC2)ccc1NC(=O)c1cc[nH]c1. The first-order chi connectivity index (χ1) is 11.1. The number of aromatic amines is 1. The summed E-state index contributed by atoms with van der Waals surface area (Å²) in [5, 5.41) is 5.94. The van der Waals surface area contributed by atoms with E-state index in [1.807, 2.05) is 13.0 Å². The lowest BCUT2D eigenvalue weighted by Crippen LogP contribution is -2.32. The topological polar surface area (TPSA) is 74.0 Å². The molecule has 1 aromatic carbocycles. The molecule has 0 unspecified atom stereocenters. The van der Waals surface area contributed by atoms with Crippen LogP contribution in [-0.4, -0.2) is 22.8 Å². The molecule has 120 valence electrons. The first-order valence-corrected chi connectivity index (χ1v) is 7.99. The van der Waals surface area contributed by atoms with Gasteiger partial charge in [-0.15, -0.1) is 0 Å². The lowest BCUT2D eigenvalue weighted by Gasteiger charge is -2.13. The summed E-state index contributed by atoms with van der Waals surface area (Å²) in [5.74, 6) is -0.207. The highest BCUT2D eigenvalue weighted by Crippen LogP contribution is 2.20. The Morgan fingerprint density at radius 3 is 2.52 bits per heavy atom. The third-order valence-corrected chi connectivity index (χ3v) is 4.29. The normalized spacial score (nSPS) is 14.7. The molecule has 1 aliphatic carbocycles. The minimum Gasteiger partial charge on any atom is -0.367 e. The first-order valence-electron chi connectivity index (χ1n) is 7.99. The summed E-state index contributed by atoms with van der Waals surface area (Å²) in [4.78, 5) is 27.2. The Labute approximate surface area is 135 Å². The van der Waals surface area contributed by atoms with Crippen molar-refractivity contribution in [1.29, 1.82) is 0 Å². The summed E-state index contributed by atoms with van der Waals surface area (Å²) >= 11 is 0. The number of rotatable bonds is 4. The summed E-state index contributed by atoms with van der Waals surface area (Å²) in [5.41, 5.74) is 2.79. The number of anilines is 1. The van der Waals surface area contributed by atoms with Crippen LogP contribution in [0.4, 0.5) is 5.69 Å². The molecule has 1 saturated carbocycles. The van der Waals surface area contributed by atoms with Crippen LogP contribution in [0.1, 0.15) is 52.0 Å². The molecule has 1 aromatic heterocycles. The molecule has 0 bridgehead atoms. The van der Waals surface area contributed by atoms with Crippen LogP contribution in [-0.2, 0) is 0 Å². The second-order valence-electron chi connectivity index (χ2n) is 6.04. The molecule has 5 heteroatoms. The van der Waals surface area contributed by atoms with Gasteiger partial charge in [-0.2, -0.15) is 0 Å². The van der Waals surface area contributed by atoms with Gasteiger partial charge in [0, 0.05) is 29.7 Å². The summed E-state index contributed by atoms with van der Waals surface area (Å²) < 4.78 is 0. The van der Waals surface area contributed by atoms with Gasteiger partial charge in [-0.1, -0.05) is 12.8 Å². The van der Waals surface area contributed by atoms with Crippen molar-refractivity contribution in [3.63, 3.8) is 0 Å². The van der Waals surface area contributed by atoms with E-state index in [0.717, 1.165) is 18.4 Å². The molecule has 0 aliphatic heterocycles. The van der Waals surface area contributed by atoms with E-state index < -0.39 is 0 Å². The van der Waals surface area contributed by atoms with Crippen LogP contribution in [0.5, 0.6) is 0 Å². The predicted molar refractivity (Wildman–Crippen MR) is 89.6 cm³/mol. The fraction of sp³-hybridized carbons (Fsp3) is 0.333. The predicted octanol–water partition coefficient (Wildman–Crippen LogP) is 3.25. The van der Waals surface area contributed by atoms with Crippen molar-refractivity contribution in [2.45, 2.75) is 38.6 Å². The van der Waals surface area contributed by atoms with E-state index >= 15 is 0 Å². The molecule has 0 spiro atoms. The van der Waals surface area contributed by atoms with Crippen LogP contribution >= 0.6 is 0 Å². The number of aromatic nitrogens is 1. The highest BCUT2D eigenvalue weighted by Gasteiger charge is 2.18. The molecule has 0 radical (unpaired) electrons. The number of carbonyl (C=O) groups is 2. The number of nitrogens with one attached hydrogen (secondary N) is 3. The molecule has 2 aromatic rings. The van der Waals surface area contributed by atoms with Gasteiger partial charge in [0.1, 0.15) is 0 Å². The maximum atomic E-state index is 12.3. The van der Waals surface area contributed by atoms with Gasteiger partial charge in [0.15, 0.2) is 0 Å². The van der Waals surface area contributed by atoms with E-state index in [9.17, 15) is 9.59 Å². The van der Waals surface area contributed by atoms with Crippen molar-refractivity contribution >= 4 is 17.5 Å². The Morgan fingerprint density at radius 1 is 1.09 bits per heavy atom.